The summed E-state index contributed by atoms with van der Waals surface area (Å²) in [7, 11) is 1.28. The van der Waals surface area contributed by atoms with Crippen molar-refractivity contribution in [2.45, 2.75) is 89.3 Å². The van der Waals surface area contributed by atoms with Gasteiger partial charge in [0.25, 0.3) is 0 Å². The maximum Gasteiger partial charge on any atom is 0.407 e. The van der Waals surface area contributed by atoms with Crippen molar-refractivity contribution < 1.29 is 32.2 Å². The van der Waals surface area contributed by atoms with Gasteiger partial charge in [-0.15, -0.1) is 0 Å². The lowest BCUT2D eigenvalue weighted by Gasteiger charge is -2.34. The van der Waals surface area contributed by atoms with Crippen LogP contribution in [0, 0.1) is 29.3 Å². The van der Waals surface area contributed by atoms with Crippen LogP contribution in [-0.2, 0) is 14.3 Å². The summed E-state index contributed by atoms with van der Waals surface area (Å²) >= 11 is 0. The summed E-state index contributed by atoms with van der Waals surface area (Å²) in [6.07, 6.45) is 7.46. The Morgan fingerprint density at radius 1 is 0.980 bits per heavy atom. The molecule has 2 amide bonds. The number of halogens is 3. The first-order valence-corrected chi connectivity index (χ1v) is 18.7. The van der Waals surface area contributed by atoms with Gasteiger partial charge in [-0.25, -0.2) is 22.9 Å². The lowest BCUT2D eigenvalue weighted by Crippen LogP contribution is -2.53. The Bertz CT molecular complexity index is 1700. The quantitative estimate of drug-likeness (QED) is 0.243. The summed E-state index contributed by atoms with van der Waals surface area (Å²) in [6.45, 7) is 5.48. The van der Waals surface area contributed by atoms with Crippen LogP contribution in [0.15, 0.2) is 24.3 Å². The van der Waals surface area contributed by atoms with Crippen LogP contribution in [0.2, 0.25) is 0 Å². The zero-order valence-electron chi connectivity index (χ0n) is 29.6. The van der Waals surface area contributed by atoms with E-state index in [2.05, 4.69) is 17.2 Å². The van der Waals surface area contributed by atoms with E-state index in [1.165, 1.54) is 25.3 Å². The average Bonchev–Trinajstić information content (AvgIpc) is 3.89. The smallest absolute Gasteiger partial charge is 0.407 e. The highest BCUT2D eigenvalue weighted by Gasteiger charge is 2.43. The molecule has 10 nitrogen and oxygen atoms in total. The van der Waals surface area contributed by atoms with Gasteiger partial charge >= 0.3 is 6.09 Å². The number of methoxy groups -OCH3 is 1. The van der Waals surface area contributed by atoms with Crippen LogP contribution in [-0.4, -0.2) is 79.4 Å². The van der Waals surface area contributed by atoms with Crippen molar-refractivity contribution in [2.75, 3.05) is 56.3 Å². The highest BCUT2D eigenvalue weighted by Crippen LogP contribution is 2.42. The van der Waals surface area contributed by atoms with Crippen LogP contribution in [0.5, 0.6) is 0 Å². The van der Waals surface area contributed by atoms with Crippen molar-refractivity contribution in [1.29, 1.82) is 0 Å². The number of likely N-dealkylation sites (tertiary alicyclic amines) is 1. The molecule has 13 heteroatoms. The number of fused-ring (bicyclic) bond motifs is 1. The number of nitrogens with one attached hydrogen (secondary N) is 2. The van der Waals surface area contributed by atoms with Crippen LogP contribution < -0.4 is 15.1 Å². The average molecular weight is 711 g/mol. The van der Waals surface area contributed by atoms with E-state index >= 15 is 13.2 Å². The summed E-state index contributed by atoms with van der Waals surface area (Å²) in [6, 6.07) is 4.36. The van der Waals surface area contributed by atoms with Crippen LogP contribution in [0.25, 0.3) is 11.0 Å². The fraction of sp³-hybridized carbons (Fsp3) is 0.605. The zero-order valence-corrected chi connectivity index (χ0v) is 29.6. The number of anilines is 2. The van der Waals surface area contributed by atoms with E-state index < -0.39 is 35.6 Å². The van der Waals surface area contributed by atoms with Crippen LogP contribution in [0.3, 0.4) is 0 Å². The highest BCUT2D eigenvalue weighted by molar-refractivity contribution is 5.87. The summed E-state index contributed by atoms with van der Waals surface area (Å²) < 4.78 is 57.3. The van der Waals surface area contributed by atoms with E-state index in [9.17, 15) is 9.59 Å². The number of carbonyl (C=O) groups excluding carboxylic acids is 2. The van der Waals surface area contributed by atoms with Crippen molar-refractivity contribution in [3.63, 3.8) is 0 Å². The van der Waals surface area contributed by atoms with Gasteiger partial charge in [0, 0.05) is 50.6 Å². The van der Waals surface area contributed by atoms with Gasteiger partial charge in [0.1, 0.15) is 23.4 Å². The minimum Gasteiger partial charge on any atom is -0.453 e. The molecule has 1 aromatic heterocycles. The normalized spacial score (nSPS) is 23.6. The maximum atomic E-state index is 16.0. The first kappa shape index (κ1) is 35.4. The molecular weight excluding hydrogens is 661 g/mol. The van der Waals surface area contributed by atoms with Crippen LogP contribution >= 0.6 is 0 Å². The molecular formula is C38H49F3N6O4. The Balaban J connectivity index is 1.17. The monoisotopic (exact) mass is 710 g/mol. The number of amides is 2. The lowest BCUT2D eigenvalue weighted by molar-refractivity contribution is -0.137. The van der Waals surface area contributed by atoms with Gasteiger partial charge in [0.05, 0.1) is 30.2 Å². The Morgan fingerprint density at radius 3 is 2.43 bits per heavy atom. The molecule has 2 aromatic carbocycles. The number of aromatic amines is 1. The molecule has 2 N–H and O–H groups in total. The molecule has 4 aliphatic heterocycles. The Labute approximate surface area is 297 Å². The third-order valence-electron chi connectivity index (χ3n) is 11.4. The van der Waals surface area contributed by atoms with Crippen molar-refractivity contribution >= 4 is 34.4 Å². The fourth-order valence-corrected chi connectivity index (χ4v) is 8.85. The number of hydrogen-bond acceptors (Lipinski definition) is 7. The van der Waals surface area contributed by atoms with Crippen molar-refractivity contribution in [3.05, 3.63) is 53.1 Å². The standard InChI is InChI=1S/C38H49F3N6O4/c1-3-8-23-17-33(47(22-23)37(48)34(44-38(49)50-2)24-10-15-51-16-11-24)36-42-30-20-26(27(39)21-31(30)43-36)32-9-7-14-46(32)25-18-28(40)35(29(41)19-25)45-12-5-4-6-13-45/h18-21,23-24,32-34H,3-17,22H2,1-2H3,(H,42,43)(H,44,49)/t23-,32+,33-,34?/m0/s1. The van der Waals surface area contributed by atoms with Gasteiger partial charge < -0.3 is 34.5 Å². The Morgan fingerprint density at radius 2 is 1.73 bits per heavy atom. The number of ether oxygens (including phenoxy) is 2. The highest BCUT2D eigenvalue weighted by atomic mass is 19.1. The molecule has 276 valence electrons. The van der Waals surface area contributed by atoms with E-state index in [1.807, 2.05) is 9.80 Å². The van der Waals surface area contributed by atoms with Crippen LogP contribution in [0.1, 0.15) is 94.6 Å². The molecule has 5 heterocycles. The van der Waals surface area contributed by atoms with E-state index in [4.69, 9.17) is 14.5 Å². The van der Waals surface area contributed by atoms with Gasteiger partial charge in [0.15, 0.2) is 11.6 Å². The molecule has 4 aliphatic rings. The molecule has 0 saturated carbocycles. The molecule has 1 unspecified atom stereocenters. The second-order valence-electron chi connectivity index (χ2n) is 14.6. The molecule has 4 atom stereocenters. The number of aromatic nitrogens is 2. The molecule has 4 fully saturated rings. The molecule has 7 rings (SSSR count). The van der Waals surface area contributed by atoms with Gasteiger partial charge in [-0.1, -0.05) is 13.3 Å². The largest absolute Gasteiger partial charge is 0.453 e. The minimum atomic E-state index is -0.769. The van der Waals surface area contributed by atoms with E-state index in [-0.39, 0.29) is 29.5 Å². The van der Waals surface area contributed by atoms with E-state index in [0.29, 0.717) is 93.2 Å². The third kappa shape index (κ3) is 7.23. The Kier molecular flexibility index (Phi) is 10.6. The van der Waals surface area contributed by atoms with Gasteiger partial charge in [-0.3, -0.25) is 4.79 Å². The molecule has 3 aromatic rings. The predicted octanol–water partition coefficient (Wildman–Crippen LogP) is 7.15. The molecule has 4 saturated heterocycles. The zero-order chi connectivity index (χ0) is 35.6. The van der Waals surface area contributed by atoms with Crippen molar-refractivity contribution in [2.24, 2.45) is 11.8 Å². The SMILES string of the molecule is CCC[C@H]1C[C@@H](c2nc3cc([C@H]4CCCN4c4cc(F)c(N5CCCCC5)c(F)c4)c(F)cc3[nH]2)N(C(=O)C(NC(=O)OC)C2CCOCC2)C1. The summed E-state index contributed by atoms with van der Waals surface area (Å²) in [5.41, 5.74) is 1.91. The summed E-state index contributed by atoms with van der Waals surface area (Å²) in [4.78, 5) is 40.4. The van der Waals surface area contributed by atoms with Gasteiger partial charge in [-0.2, -0.15) is 0 Å². The van der Waals surface area contributed by atoms with Crippen LogP contribution in [0.4, 0.5) is 29.3 Å². The number of H-pyrrole nitrogens is 1. The molecule has 51 heavy (non-hydrogen) atoms. The number of piperidine rings is 1. The lowest BCUT2D eigenvalue weighted by atomic mass is 9.90. The predicted molar refractivity (Wildman–Crippen MR) is 188 cm³/mol. The second-order valence-corrected chi connectivity index (χ2v) is 14.6. The molecule has 0 radical (unpaired) electrons. The van der Waals surface area contributed by atoms with Crippen molar-refractivity contribution in [3.8, 4) is 0 Å². The maximum absolute atomic E-state index is 16.0. The second kappa shape index (κ2) is 15.3. The van der Waals surface area contributed by atoms with Crippen molar-refractivity contribution in [1.82, 2.24) is 20.2 Å². The number of nitrogens with zero attached hydrogens (tertiary/aromatic N) is 4. The first-order valence-electron chi connectivity index (χ1n) is 18.7. The van der Waals surface area contributed by atoms with Gasteiger partial charge in [-0.05, 0) is 93.9 Å². The van der Waals surface area contributed by atoms with E-state index in [0.717, 1.165) is 38.5 Å². The van der Waals surface area contributed by atoms with E-state index in [1.54, 1.807) is 11.0 Å². The Hall–Kier alpha value is -4.00. The topological polar surface area (TPSA) is 103 Å². The summed E-state index contributed by atoms with van der Waals surface area (Å²) in [5, 5.41) is 2.81. The number of benzene rings is 2. The molecule has 0 spiro atoms. The van der Waals surface area contributed by atoms with Gasteiger partial charge in [0.2, 0.25) is 5.91 Å². The third-order valence-corrected chi connectivity index (χ3v) is 11.4. The summed E-state index contributed by atoms with van der Waals surface area (Å²) in [5.74, 6) is -1.08. The number of imidazole rings is 1. The minimum absolute atomic E-state index is 0.0200. The number of alkyl carbamates (subject to hydrolysis) is 1. The number of rotatable bonds is 9. The fourth-order valence-electron chi connectivity index (χ4n) is 8.85. The molecule has 0 aliphatic carbocycles. The number of hydrogen-bond donors (Lipinski definition) is 2. The first-order chi connectivity index (χ1) is 24.7. The molecule has 0 bridgehead atoms. The number of carbonyl (C=O) groups is 2.